The Balaban J connectivity index is 1.86. The van der Waals surface area contributed by atoms with Gasteiger partial charge >= 0.3 is 0 Å². The maximum atomic E-state index is 11.4. The Hall–Kier alpha value is -1.35. The van der Waals surface area contributed by atoms with Gasteiger partial charge in [0.2, 0.25) is 5.91 Å². The van der Waals surface area contributed by atoms with Crippen LogP contribution in [0.2, 0.25) is 0 Å². The Bertz CT molecular complexity index is 331. The van der Waals surface area contributed by atoms with Gasteiger partial charge in [0.15, 0.2) is 0 Å². The average molecular weight is 205 g/mol. The third-order valence-corrected chi connectivity index (χ3v) is 2.83. The van der Waals surface area contributed by atoms with Crippen LogP contribution < -0.4 is 0 Å². The number of hydrogen-bond donors (Lipinski definition) is 1. The van der Waals surface area contributed by atoms with Gasteiger partial charge in [-0.25, -0.2) is 0 Å². The fourth-order valence-electron chi connectivity index (χ4n) is 1.87. The van der Waals surface area contributed by atoms with Gasteiger partial charge in [0.05, 0.1) is 6.61 Å². The van der Waals surface area contributed by atoms with Crippen molar-refractivity contribution >= 4 is 5.91 Å². The Morgan fingerprint density at radius 2 is 2.00 bits per heavy atom. The van der Waals surface area contributed by atoms with E-state index in [1.807, 2.05) is 18.2 Å². The number of carbonyl (C=O) groups excluding carboxylic acids is 1. The Morgan fingerprint density at radius 1 is 1.33 bits per heavy atom. The molecule has 0 atom stereocenters. The molecule has 1 aromatic rings. The molecule has 0 spiro atoms. The van der Waals surface area contributed by atoms with Gasteiger partial charge in [0.1, 0.15) is 0 Å². The minimum Gasteiger partial charge on any atom is -0.396 e. The van der Waals surface area contributed by atoms with E-state index in [0.29, 0.717) is 5.92 Å². The molecule has 1 saturated heterocycles. The van der Waals surface area contributed by atoms with Crippen molar-refractivity contribution in [2.75, 3.05) is 19.7 Å². The minimum atomic E-state index is -0.0503. The largest absolute Gasteiger partial charge is 0.396 e. The number of likely N-dealkylation sites (tertiary alicyclic amines) is 1. The number of carbonyl (C=O) groups is 1. The predicted octanol–water partition coefficient (Wildman–Crippen LogP) is 0.995. The fraction of sp³-hybridized carbons (Fsp3) is 0.417. The molecule has 0 aromatic heterocycles. The van der Waals surface area contributed by atoms with Crippen LogP contribution in [0.4, 0.5) is 0 Å². The summed E-state index contributed by atoms with van der Waals surface area (Å²) in [5.74, 6) is 0.540. The quantitative estimate of drug-likeness (QED) is 0.799. The zero-order chi connectivity index (χ0) is 10.7. The maximum absolute atomic E-state index is 11.4. The normalized spacial score (nSPS) is 16.2. The van der Waals surface area contributed by atoms with Crippen molar-refractivity contribution in [3.63, 3.8) is 0 Å². The number of nitrogens with zero attached hydrogens (tertiary/aromatic N) is 1. The molecule has 1 N–H and O–H groups in total. The van der Waals surface area contributed by atoms with Gasteiger partial charge in [0, 0.05) is 25.4 Å². The molecule has 0 bridgehead atoms. The highest BCUT2D eigenvalue weighted by Gasteiger charge is 2.30. The van der Waals surface area contributed by atoms with E-state index in [1.165, 1.54) is 5.56 Å². The first-order valence-corrected chi connectivity index (χ1v) is 5.25. The lowest BCUT2D eigenvalue weighted by atomic mass is 9.91. The standard InChI is InChI=1S/C12H15NO2/c14-7-6-12(15)13-8-11(9-13)10-4-2-1-3-5-10/h1-5,11,14H,6-9H2. The molecule has 0 aliphatic carbocycles. The van der Waals surface area contributed by atoms with Crippen molar-refractivity contribution < 1.29 is 9.90 Å². The molecule has 1 aliphatic rings. The second-order valence-electron chi connectivity index (χ2n) is 3.88. The van der Waals surface area contributed by atoms with Gasteiger partial charge in [-0.3, -0.25) is 4.79 Å². The van der Waals surface area contributed by atoms with Crippen LogP contribution in [0, 0.1) is 0 Å². The summed E-state index contributed by atoms with van der Waals surface area (Å²) in [7, 11) is 0. The van der Waals surface area contributed by atoms with E-state index in [-0.39, 0.29) is 18.9 Å². The summed E-state index contributed by atoms with van der Waals surface area (Å²) in [4.78, 5) is 13.2. The van der Waals surface area contributed by atoms with Crippen LogP contribution in [0.15, 0.2) is 30.3 Å². The zero-order valence-electron chi connectivity index (χ0n) is 8.60. The van der Waals surface area contributed by atoms with Gasteiger partial charge in [-0.1, -0.05) is 30.3 Å². The Labute approximate surface area is 89.3 Å². The van der Waals surface area contributed by atoms with E-state index in [4.69, 9.17) is 5.11 Å². The lowest BCUT2D eigenvalue weighted by Crippen LogP contribution is -2.48. The zero-order valence-corrected chi connectivity index (χ0v) is 8.60. The van der Waals surface area contributed by atoms with E-state index >= 15 is 0 Å². The smallest absolute Gasteiger partial charge is 0.224 e. The number of aliphatic hydroxyl groups is 1. The lowest BCUT2D eigenvalue weighted by molar-refractivity contribution is -0.136. The number of aliphatic hydroxyl groups excluding tert-OH is 1. The second kappa shape index (κ2) is 4.45. The van der Waals surface area contributed by atoms with E-state index in [2.05, 4.69) is 12.1 Å². The Morgan fingerprint density at radius 3 is 2.60 bits per heavy atom. The second-order valence-corrected chi connectivity index (χ2v) is 3.88. The first kappa shape index (κ1) is 10.2. The Kier molecular flexibility index (Phi) is 3.02. The maximum Gasteiger partial charge on any atom is 0.224 e. The third-order valence-electron chi connectivity index (χ3n) is 2.83. The summed E-state index contributed by atoms with van der Waals surface area (Å²) in [5, 5.41) is 8.64. The van der Waals surface area contributed by atoms with E-state index in [9.17, 15) is 4.79 Å². The molecular formula is C12H15NO2. The molecule has 1 aromatic carbocycles. The van der Waals surface area contributed by atoms with E-state index < -0.39 is 0 Å². The summed E-state index contributed by atoms with van der Waals surface area (Å²) >= 11 is 0. The molecule has 1 amide bonds. The molecule has 80 valence electrons. The van der Waals surface area contributed by atoms with E-state index in [0.717, 1.165) is 13.1 Å². The van der Waals surface area contributed by atoms with Crippen LogP contribution in [-0.4, -0.2) is 35.6 Å². The highest BCUT2D eigenvalue weighted by molar-refractivity contribution is 5.77. The van der Waals surface area contributed by atoms with Crippen LogP contribution >= 0.6 is 0 Å². The highest BCUT2D eigenvalue weighted by Crippen LogP contribution is 2.26. The monoisotopic (exact) mass is 205 g/mol. The highest BCUT2D eigenvalue weighted by atomic mass is 16.3. The summed E-state index contributed by atoms with van der Waals surface area (Å²) in [6, 6.07) is 10.2. The lowest BCUT2D eigenvalue weighted by Gasteiger charge is -2.39. The average Bonchev–Trinajstić information content (AvgIpc) is 2.17. The summed E-state index contributed by atoms with van der Waals surface area (Å²) < 4.78 is 0. The minimum absolute atomic E-state index is 0.0503. The van der Waals surface area contributed by atoms with Gasteiger partial charge in [-0.2, -0.15) is 0 Å². The number of hydrogen-bond acceptors (Lipinski definition) is 2. The molecule has 0 radical (unpaired) electrons. The molecule has 3 heteroatoms. The molecular weight excluding hydrogens is 190 g/mol. The SMILES string of the molecule is O=C(CCO)N1CC(c2ccccc2)C1. The topological polar surface area (TPSA) is 40.5 Å². The van der Waals surface area contributed by atoms with Crippen molar-refractivity contribution in [2.45, 2.75) is 12.3 Å². The molecule has 1 heterocycles. The van der Waals surface area contributed by atoms with Crippen LogP contribution in [-0.2, 0) is 4.79 Å². The van der Waals surface area contributed by atoms with Gasteiger partial charge in [-0.15, -0.1) is 0 Å². The van der Waals surface area contributed by atoms with Crippen LogP contribution in [0.1, 0.15) is 17.9 Å². The van der Waals surface area contributed by atoms with E-state index in [1.54, 1.807) is 4.90 Å². The van der Waals surface area contributed by atoms with Crippen molar-refractivity contribution in [2.24, 2.45) is 0 Å². The molecule has 1 fully saturated rings. The van der Waals surface area contributed by atoms with Crippen molar-refractivity contribution in [1.82, 2.24) is 4.90 Å². The summed E-state index contributed by atoms with van der Waals surface area (Å²) in [6.45, 7) is 1.54. The molecule has 2 rings (SSSR count). The van der Waals surface area contributed by atoms with Crippen LogP contribution in [0.25, 0.3) is 0 Å². The molecule has 15 heavy (non-hydrogen) atoms. The molecule has 3 nitrogen and oxygen atoms in total. The van der Waals surface area contributed by atoms with Crippen molar-refractivity contribution in [1.29, 1.82) is 0 Å². The van der Waals surface area contributed by atoms with Crippen LogP contribution in [0.5, 0.6) is 0 Å². The van der Waals surface area contributed by atoms with Crippen molar-refractivity contribution in [3.05, 3.63) is 35.9 Å². The first-order chi connectivity index (χ1) is 7.31. The number of rotatable bonds is 3. The molecule has 0 saturated carbocycles. The number of amides is 1. The predicted molar refractivity (Wildman–Crippen MR) is 57.5 cm³/mol. The number of benzene rings is 1. The van der Waals surface area contributed by atoms with Crippen LogP contribution in [0.3, 0.4) is 0 Å². The van der Waals surface area contributed by atoms with Gasteiger partial charge in [-0.05, 0) is 5.56 Å². The molecule has 0 unspecified atom stereocenters. The van der Waals surface area contributed by atoms with Gasteiger partial charge in [0.25, 0.3) is 0 Å². The summed E-state index contributed by atoms with van der Waals surface area (Å²) in [5.41, 5.74) is 1.30. The molecule has 1 aliphatic heterocycles. The third kappa shape index (κ3) is 2.18. The van der Waals surface area contributed by atoms with Gasteiger partial charge < -0.3 is 10.0 Å². The first-order valence-electron chi connectivity index (χ1n) is 5.25. The summed E-state index contributed by atoms with van der Waals surface area (Å²) in [6.07, 6.45) is 0.251. The fourth-order valence-corrected chi connectivity index (χ4v) is 1.87. The van der Waals surface area contributed by atoms with Crippen molar-refractivity contribution in [3.8, 4) is 0 Å².